The van der Waals surface area contributed by atoms with E-state index in [0.29, 0.717) is 18.9 Å². The number of nitrogens with zero attached hydrogens (tertiary/aromatic N) is 1. The molecule has 2 N–H and O–H groups in total. The number of benzene rings is 1. The molecule has 2 fully saturated rings. The van der Waals surface area contributed by atoms with Crippen molar-refractivity contribution in [1.82, 2.24) is 4.98 Å². The van der Waals surface area contributed by atoms with E-state index in [9.17, 15) is 26.7 Å². The lowest BCUT2D eigenvalue weighted by Crippen LogP contribution is -2.47. The molecule has 12 heteroatoms. The first-order valence-electron chi connectivity index (χ1n) is 12.2. The summed E-state index contributed by atoms with van der Waals surface area (Å²) in [4.78, 5) is 17.8. The van der Waals surface area contributed by atoms with Crippen LogP contribution in [0, 0.1) is 24.5 Å². The minimum Gasteiger partial charge on any atom is -0.488 e. The van der Waals surface area contributed by atoms with Gasteiger partial charge in [-0.3, -0.25) is 9.78 Å². The van der Waals surface area contributed by atoms with Gasteiger partial charge < -0.3 is 24.6 Å². The number of halogens is 5. The summed E-state index contributed by atoms with van der Waals surface area (Å²) >= 11 is 0. The summed E-state index contributed by atoms with van der Waals surface area (Å²) in [6.45, 7) is 3.77. The first kappa shape index (κ1) is 28.2. The van der Waals surface area contributed by atoms with Crippen molar-refractivity contribution >= 4 is 11.6 Å². The van der Waals surface area contributed by atoms with Gasteiger partial charge in [0.2, 0.25) is 5.82 Å². The Morgan fingerprint density at radius 3 is 2.68 bits per heavy atom. The number of carbonyl (C=O) groups excluding carboxylic acids is 1. The summed E-state index contributed by atoms with van der Waals surface area (Å²) in [5, 5.41) is 11.8. The van der Waals surface area contributed by atoms with Crippen LogP contribution in [-0.4, -0.2) is 60.3 Å². The maximum absolute atomic E-state index is 14.7. The highest BCUT2D eigenvalue weighted by Crippen LogP contribution is 2.55. The van der Waals surface area contributed by atoms with Crippen molar-refractivity contribution in [2.45, 2.75) is 56.9 Å². The molecule has 0 unspecified atom stereocenters. The number of aliphatic hydroxyl groups is 1. The van der Waals surface area contributed by atoms with Crippen molar-refractivity contribution in [1.29, 1.82) is 0 Å². The Labute approximate surface area is 216 Å². The zero-order valence-corrected chi connectivity index (χ0v) is 21.1. The second kappa shape index (κ2) is 10.7. The molecular weight excluding hydrogens is 515 g/mol. The van der Waals surface area contributed by atoms with Crippen molar-refractivity contribution in [3.63, 3.8) is 0 Å². The van der Waals surface area contributed by atoms with Crippen LogP contribution in [0.3, 0.4) is 0 Å². The molecule has 5 atom stereocenters. The van der Waals surface area contributed by atoms with Gasteiger partial charge in [0, 0.05) is 36.1 Å². The van der Waals surface area contributed by atoms with Crippen LogP contribution >= 0.6 is 0 Å². The highest BCUT2D eigenvalue weighted by molar-refractivity contribution is 5.96. The smallest absolute Gasteiger partial charge is 0.417 e. The fourth-order valence-corrected chi connectivity index (χ4v) is 5.03. The minimum absolute atomic E-state index is 0.0659. The summed E-state index contributed by atoms with van der Waals surface area (Å²) < 4.78 is 87.4. The Morgan fingerprint density at radius 2 is 2.05 bits per heavy atom. The molecular formula is C26H29F5N2O5. The second-order valence-electron chi connectivity index (χ2n) is 9.76. The van der Waals surface area contributed by atoms with Gasteiger partial charge in [-0.25, -0.2) is 4.39 Å². The van der Waals surface area contributed by atoms with Gasteiger partial charge in [-0.15, -0.1) is 0 Å². The quantitative estimate of drug-likeness (QED) is 0.495. The van der Waals surface area contributed by atoms with E-state index in [0.717, 1.165) is 31.0 Å². The van der Waals surface area contributed by atoms with Crippen LogP contribution in [0.1, 0.15) is 48.9 Å². The number of alkyl halides is 3. The van der Waals surface area contributed by atoms with E-state index in [1.807, 2.05) is 0 Å². The average Bonchev–Trinajstić information content (AvgIpc) is 3.49. The van der Waals surface area contributed by atoms with Crippen LogP contribution in [0.4, 0.5) is 27.6 Å². The van der Waals surface area contributed by atoms with E-state index in [1.54, 1.807) is 19.2 Å². The lowest BCUT2D eigenvalue weighted by Gasteiger charge is -2.32. The van der Waals surface area contributed by atoms with Crippen LogP contribution in [-0.2, 0) is 14.3 Å². The molecule has 208 valence electrons. The standard InChI is InChI=1S/C26H29F5N2O5/c1-13-20(17-4-5-18(27)21(28)22(17)37-9-7-34)23(38-25(13,3)26(29,30)31)24(35)33-19-10-16(11-32-14(19)2)15-6-8-36-12-15/h4-5,10-11,13,15,20,23,34H,6-9,12H2,1-3H3,(H,33,35)/t13-,15-,20-,23+,25+/m0/s1. The Kier molecular flexibility index (Phi) is 7.96. The highest BCUT2D eigenvalue weighted by atomic mass is 19.4. The summed E-state index contributed by atoms with van der Waals surface area (Å²) in [7, 11) is 0. The fourth-order valence-electron chi connectivity index (χ4n) is 5.03. The number of amides is 1. The fraction of sp³-hybridized carbons (Fsp3) is 0.538. The van der Waals surface area contributed by atoms with Gasteiger partial charge in [0.1, 0.15) is 12.7 Å². The monoisotopic (exact) mass is 544 g/mol. The second-order valence-corrected chi connectivity index (χ2v) is 9.76. The molecule has 2 aliphatic rings. The van der Waals surface area contributed by atoms with Gasteiger partial charge in [0.05, 0.1) is 24.6 Å². The number of pyridine rings is 1. The number of anilines is 1. The molecule has 1 aromatic carbocycles. The molecule has 0 aliphatic carbocycles. The van der Waals surface area contributed by atoms with Crippen molar-refractivity contribution < 1.29 is 46.1 Å². The first-order valence-corrected chi connectivity index (χ1v) is 12.2. The molecule has 0 bridgehead atoms. The lowest BCUT2D eigenvalue weighted by atomic mass is 9.77. The number of aromatic nitrogens is 1. The molecule has 2 aromatic rings. The van der Waals surface area contributed by atoms with Gasteiger partial charge in [-0.05, 0) is 38.0 Å². The number of nitrogens with one attached hydrogen (secondary N) is 1. The van der Waals surface area contributed by atoms with Crippen molar-refractivity contribution in [3.05, 3.63) is 52.9 Å². The molecule has 38 heavy (non-hydrogen) atoms. The summed E-state index contributed by atoms with van der Waals surface area (Å²) in [5.41, 5.74) is -1.43. The van der Waals surface area contributed by atoms with E-state index >= 15 is 0 Å². The zero-order chi connectivity index (χ0) is 27.8. The topological polar surface area (TPSA) is 89.9 Å². The maximum Gasteiger partial charge on any atom is 0.417 e. The highest BCUT2D eigenvalue weighted by Gasteiger charge is 2.66. The van der Waals surface area contributed by atoms with Crippen molar-refractivity contribution in [2.75, 3.05) is 31.7 Å². The first-order chi connectivity index (χ1) is 17.9. The molecule has 4 rings (SSSR count). The Balaban J connectivity index is 1.74. The molecule has 0 spiro atoms. The molecule has 1 aromatic heterocycles. The van der Waals surface area contributed by atoms with E-state index in [2.05, 4.69) is 10.3 Å². The van der Waals surface area contributed by atoms with Crippen LogP contribution in [0.25, 0.3) is 0 Å². The molecule has 1 amide bonds. The Hall–Kier alpha value is -2.83. The van der Waals surface area contributed by atoms with Crippen LogP contribution < -0.4 is 10.1 Å². The SMILES string of the molecule is Cc1ncc([C@H]2CCOC2)cc1NC(=O)[C@@H]1O[C@@](C)(C(F)(F)F)[C@@H](C)[C@H]1c1ccc(F)c(F)c1OCCO. The van der Waals surface area contributed by atoms with E-state index in [4.69, 9.17) is 19.3 Å². The molecule has 2 saturated heterocycles. The Bertz CT molecular complexity index is 1190. The van der Waals surface area contributed by atoms with Gasteiger partial charge >= 0.3 is 6.18 Å². The number of aryl methyl sites for hydroxylation is 1. The predicted octanol–water partition coefficient (Wildman–Crippen LogP) is 4.62. The Morgan fingerprint density at radius 1 is 1.32 bits per heavy atom. The largest absolute Gasteiger partial charge is 0.488 e. The number of ether oxygens (including phenoxy) is 3. The zero-order valence-electron chi connectivity index (χ0n) is 21.1. The number of rotatable bonds is 7. The van der Waals surface area contributed by atoms with Crippen LogP contribution in [0.2, 0.25) is 0 Å². The summed E-state index contributed by atoms with van der Waals surface area (Å²) in [6.07, 6.45) is -4.20. The number of carbonyl (C=O) groups is 1. The average molecular weight is 545 g/mol. The van der Waals surface area contributed by atoms with Crippen molar-refractivity contribution in [3.8, 4) is 5.75 Å². The normalized spacial score (nSPS) is 27.5. The summed E-state index contributed by atoms with van der Waals surface area (Å²) in [5.74, 6) is -7.01. The lowest BCUT2D eigenvalue weighted by molar-refractivity contribution is -0.272. The molecule has 0 saturated carbocycles. The summed E-state index contributed by atoms with van der Waals surface area (Å²) in [6, 6.07) is 3.53. The maximum atomic E-state index is 14.7. The van der Waals surface area contributed by atoms with Gasteiger partial charge in [-0.1, -0.05) is 13.0 Å². The third-order valence-corrected chi connectivity index (χ3v) is 7.47. The van der Waals surface area contributed by atoms with Crippen LogP contribution in [0.15, 0.2) is 24.4 Å². The molecule has 3 heterocycles. The molecule has 7 nitrogen and oxygen atoms in total. The number of hydrogen-bond acceptors (Lipinski definition) is 6. The molecule has 2 aliphatic heterocycles. The van der Waals surface area contributed by atoms with E-state index < -0.39 is 66.2 Å². The third-order valence-electron chi connectivity index (χ3n) is 7.47. The third kappa shape index (κ3) is 5.08. The predicted molar refractivity (Wildman–Crippen MR) is 126 cm³/mol. The van der Waals surface area contributed by atoms with E-state index in [1.165, 1.54) is 6.92 Å². The van der Waals surface area contributed by atoms with Gasteiger partial charge in [-0.2, -0.15) is 17.6 Å². The molecule has 0 radical (unpaired) electrons. The van der Waals surface area contributed by atoms with Gasteiger partial charge in [0.25, 0.3) is 5.91 Å². The number of hydrogen-bond donors (Lipinski definition) is 2. The van der Waals surface area contributed by atoms with E-state index in [-0.39, 0.29) is 17.2 Å². The van der Waals surface area contributed by atoms with Crippen molar-refractivity contribution in [2.24, 2.45) is 5.92 Å². The van der Waals surface area contributed by atoms with Crippen LogP contribution in [0.5, 0.6) is 5.75 Å². The van der Waals surface area contributed by atoms with Gasteiger partial charge in [0.15, 0.2) is 17.2 Å². The number of aliphatic hydroxyl groups excluding tert-OH is 1. The minimum atomic E-state index is -4.88.